The van der Waals surface area contributed by atoms with Gasteiger partial charge in [0.05, 0.1) is 0 Å². The Balaban J connectivity index is 2.99. The van der Waals surface area contributed by atoms with Crippen molar-refractivity contribution >= 4 is 30.0 Å². The van der Waals surface area contributed by atoms with Crippen LogP contribution in [0.15, 0.2) is 0 Å². The van der Waals surface area contributed by atoms with E-state index < -0.39 is 41.7 Å². The molecule has 0 saturated carbocycles. The van der Waals surface area contributed by atoms with Gasteiger partial charge >= 0.3 is 17.9 Å². The van der Waals surface area contributed by atoms with Gasteiger partial charge < -0.3 is 14.2 Å². The van der Waals surface area contributed by atoms with Crippen molar-refractivity contribution < 1.29 is 32.8 Å². The molecule has 0 N–H and O–H groups in total. The Morgan fingerprint density at radius 2 is 1.50 bits per heavy atom. The van der Waals surface area contributed by atoms with Gasteiger partial charge in [-0.1, -0.05) is 5.92 Å². The number of hydrogen-bond acceptors (Lipinski definition) is 8. The van der Waals surface area contributed by atoms with Gasteiger partial charge in [0.2, 0.25) is 5.44 Å². The Kier molecular flexibility index (Phi) is 5.85. The fourth-order valence-corrected chi connectivity index (χ4v) is 2.45. The molecular formula is C12H14O7S. The molecule has 1 fully saturated rings. The molecule has 0 radical (unpaired) electrons. The van der Waals surface area contributed by atoms with Gasteiger partial charge in [-0.05, 0) is 0 Å². The molecule has 110 valence electrons. The monoisotopic (exact) mass is 302 g/mol. The van der Waals surface area contributed by atoms with E-state index in [2.05, 4.69) is 5.92 Å². The van der Waals surface area contributed by atoms with Crippen LogP contribution in [0.25, 0.3) is 0 Å². The lowest BCUT2D eigenvalue weighted by Gasteiger charge is -2.37. The Morgan fingerprint density at radius 1 is 1.00 bits per heavy atom. The summed E-state index contributed by atoms with van der Waals surface area (Å²) in [6, 6.07) is 0. The van der Waals surface area contributed by atoms with E-state index in [0.717, 1.165) is 12.0 Å². The van der Waals surface area contributed by atoms with Crippen molar-refractivity contribution in [3.63, 3.8) is 0 Å². The fourth-order valence-electron chi connectivity index (χ4n) is 1.56. The zero-order valence-electron chi connectivity index (χ0n) is 11.2. The van der Waals surface area contributed by atoms with Crippen LogP contribution in [-0.4, -0.2) is 41.7 Å². The van der Waals surface area contributed by atoms with Crippen molar-refractivity contribution in [2.75, 3.05) is 0 Å². The van der Waals surface area contributed by atoms with Crippen molar-refractivity contribution in [1.82, 2.24) is 0 Å². The van der Waals surface area contributed by atoms with Gasteiger partial charge in [-0.2, -0.15) is 0 Å². The molecule has 8 heteroatoms. The van der Waals surface area contributed by atoms with E-state index >= 15 is 0 Å². The first-order chi connectivity index (χ1) is 9.35. The standard InChI is InChI=1S/C12H14O7S/c1-5-9-10(16-6(2)13)11(17-7(3)14)12(20-19-9)18-8(4)15/h1,9-12H,2-4H3. The summed E-state index contributed by atoms with van der Waals surface area (Å²) in [6.07, 6.45) is 2.27. The highest BCUT2D eigenvalue weighted by molar-refractivity contribution is 7.95. The molecule has 4 unspecified atom stereocenters. The molecule has 4 atom stereocenters. The van der Waals surface area contributed by atoms with Crippen molar-refractivity contribution in [3.05, 3.63) is 0 Å². The molecule has 7 nitrogen and oxygen atoms in total. The molecular weight excluding hydrogens is 288 g/mol. The molecule has 0 bridgehead atoms. The lowest BCUT2D eigenvalue weighted by molar-refractivity contribution is -0.184. The highest BCUT2D eigenvalue weighted by atomic mass is 32.2. The number of esters is 3. The third-order valence-electron chi connectivity index (χ3n) is 2.19. The lowest BCUT2D eigenvalue weighted by Crippen LogP contribution is -2.52. The van der Waals surface area contributed by atoms with E-state index in [-0.39, 0.29) is 0 Å². The molecule has 0 aromatic rings. The zero-order valence-corrected chi connectivity index (χ0v) is 12.0. The predicted octanol–water partition coefficient (Wildman–Crippen LogP) is 0.419. The Labute approximate surface area is 120 Å². The summed E-state index contributed by atoms with van der Waals surface area (Å²) in [4.78, 5) is 33.3. The van der Waals surface area contributed by atoms with E-state index in [1.54, 1.807) is 0 Å². The van der Waals surface area contributed by atoms with E-state index in [1.807, 2.05) is 0 Å². The van der Waals surface area contributed by atoms with Gasteiger partial charge in [0, 0.05) is 32.8 Å². The van der Waals surface area contributed by atoms with Crippen LogP contribution in [-0.2, 0) is 32.8 Å². The molecule has 0 aromatic carbocycles. The number of carbonyl (C=O) groups is 3. The Hall–Kier alpha value is -1.72. The van der Waals surface area contributed by atoms with Crippen LogP contribution < -0.4 is 0 Å². The molecule has 0 spiro atoms. The number of hydrogen-bond donors (Lipinski definition) is 0. The predicted molar refractivity (Wildman–Crippen MR) is 68.0 cm³/mol. The Morgan fingerprint density at radius 3 is 1.95 bits per heavy atom. The second-order valence-corrected chi connectivity index (χ2v) is 4.76. The maximum atomic E-state index is 11.2. The topological polar surface area (TPSA) is 88.1 Å². The van der Waals surface area contributed by atoms with Crippen LogP contribution in [0.3, 0.4) is 0 Å². The molecule has 0 aliphatic carbocycles. The smallest absolute Gasteiger partial charge is 0.303 e. The summed E-state index contributed by atoms with van der Waals surface area (Å²) >= 11 is 0.751. The zero-order chi connectivity index (χ0) is 15.3. The quantitative estimate of drug-likeness (QED) is 0.321. The molecule has 0 amide bonds. The van der Waals surface area contributed by atoms with Crippen LogP contribution in [0.1, 0.15) is 20.8 Å². The first-order valence-corrected chi connectivity index (χ1v) is 6.45. The van der Waals surface area contributed by atoms with Crippen LogP contribution in [0.5, 0.6) is 0 Å². The van der Waals surface area contributed by atoms with Crippen molar-refractivity contribution in [3.8, 4) is 12.3 Å². The summed E-state index contributed by atoms with van der Waals surface area (Å²) in [6.45, 7) is 3.56. The average Bonchev–Trinajstić information content (AvgIpc) is 2.31. The minimum atomic E-state index is -1.05. The molecule has 1 saturated heterocycles. The summed E-state index contributed by atoms with van der Waals surface area (Å²) in [7, 11) is 0. The first kappa shape index (κ1) is 16.3. The summed E-state index contributed by atoms with van der Waals surface area (Å²) in [5, 5.41) is 0. The fraction of sp³-hybridized carbons (Fsp3) is 0.583. The van der Waals surface area contributed by atoms with Crippen molar-refractivity contribution in [2.24, 2.45) is 0 Å². The average molecular weight is 302 g/mol. The van der Waals surface area contributed by atoms with Gasteiger partial charge in [0.15, 0.2) is 18.3 Å². The van der Waals surface area contributed by atoms with Crippen molar-refractivity contribution in [1.29, 1.82) is 0 Å². The van der Waals surface area contributed by atoms with Crippen LogP contribution in [0, 0.1) is 12.3 Å². The Bertz CT molecular complexity index is 442. The summed E-state index contributed by atoms with van der Waals surface area (Å²) in [5.74, 6) is 0.447. The summed E-state index contributed by atoms with van der Waals surface area (Å²) in [5.41, 5.74) is -0.967. The minimum Gasteiger partial charge on any atom is -0.454 e. The normalized spacial score (nSPS) is 28.9. The number of terminal acetylenes is 1. The number of carbonyl (C=O) groups excluding carboxylic acids is 3. The second kappa shape index (κ2) is 7.17. The van der Waals surface area contributed by atoms with Gasteiger partial charge in [0.25, 0.3) is 0 Å². The third-order valence-corrected chi connectivity index (χ3v) is 3.07. The molecule has 1 heterocycles. The lowest BCUT2D eigenvalue weighted by atomic mass is 10.1. The molecule has 20 heavy (non-hydrogen) atoms. The first-order valence-electron chi connectivity index (χ1n) is 5.65. The van der Waals surface area contributed by atoms with Crippen LogP contribution >= 0.6 is 12.0 Å². The van der Waals surface area contributed by atoms with Crippen LogP contribution in [0.2, 0.25) is 0 Å². The van der Waals surface area contributed by atoms with E-state index in [4.69, 9.17) is 24.8 Å². The van der Waals surface area contributed by atoms with Gasteiger partial charge in [-0.3, -0.25) is 18.6 Å². The van der Waals surface area contributed by atoms with Gasteiger partial charge in [-0.15, -0.1) is 6.42 Å². The van der Waals surface area contributed by atoms with E-state index in [1.165, 1.54) is 20.8 Å². The maximum absolute atomic E-state index is 11.2. The highest BCUT2D eigenvalue weighted by Gasteiger charge is 2.47. The van der Waals surface area contributed by atoms with Gasteiger partial charge in [0.1, 0.15) is 0 Å². The number of rotatable bonds is 3. The van der Waals surface area contributed by atoms with Crippen LogP contribution in [0.4, 0.5) is 0 Å². The number of ether oxygens (including phenoxy) is 3. The SMILES string of the molecule is C#CC1OSC(OC(C)=O)C(OC(C)=O)C1OC(C)=O. The third kappa shape index (κ3) is 4.43. The minimum absolute atomic E-state index is 0.594. The van der Waals surface area contributed by atoms with Crippen molar-refractivity contribution in [2.45, 2.75) is 44.5 Å². The molecule has 1 aliphatic rings. The van der Waals surface area contributed by atoms with E-state index in [0.29, 0.717) is 0 Å². The maximum Gasteiger partial charge on any atom is 0.303 e. The van der Waals surface area contributed by atoms with E-state index in [9.17, 15) is 14.4 Å². The highest BCUT2D eigenvalue weighted by Crippen LogP contribution is 2.33. The molecule has 1 aliphatic heterocycles. The van der Waals surface area contributed by atoms with Gasteiger partial charge in [-0.25, -0.2) is 0 Å². The summed E-state index contributed by atoms with van der Waals surface area (Å²) < 4.78 is 20.3. The molecule has 1 rings (SSSR count). The largest absolute Gasteiger partial charge is 0.454 e. The second-order valence-electron chi connectivity index (χ2n) is 3.91. The molecule has 0 aromatic heterocycles.